The van der Waals surface area contributed by atoms with Crippen molar-refractivity contribution in [1.82, 2.24) is 5.32 Å². The van der Waals surface area contributed by atoms with Crippen molar-refractivity contribution >= 4 is 11.3 Å². The van der Waals surface area contributed by atoms with Crippen molar-refractivity contribution in [2.45, 2.75) is 24.8 Å². The molecule has 64 valence electrons. The van der Waals surface area contributed by atoms with Gasteiger partial charge < -0.3 is 5.32 Å². The molecule has 1 aliphatic carbocycles. The molecule has 1 saturated carbocycles. The van der Waals surface area contributed by atoms with E-state index < -0.39 is 0 Å². The Labute approximate surface area is 76.8 Å². The largest absolute Gasteiger partial charge is 0.306 e. The summed E-state index contributed by atoms with van der Waals surface area (Å²) in [5.41, 5.74) is 0.425. The molecule has 3 rings (SSSR count). The molecular weight excluding hydrogens is 166 g/mol. The summed E-state index contributed by atoms with van der Waals surface area (Å²) in [6, 6.07) is 4.46. The molecule has 1 aliphatic heterocycles. The van der Waals surface area contributed by atoms with Gasteiger partial charge in [-0.1, -0.05) is 6.07 Å². The molecule has 0 aromatic carbocycles. The Hall–Kier alpha value is -0.340. The van der Waals surface area contributed by atoms with Gasteiger partial charge in [-0.15, -0.1) is 11.3 Å². The Morgan fingerprint density at radius 2 is 2.50 bits per heavy atom. The molecule has 1 saturated heterocycles. The summed E-state index contributed by atoms with van der Waals surface area (Å²) in [5.74, 6) is 0.941. The number of nitrogens with one attached hydrogen (secondary N) is 1. The van der Waals surface area contributed by atoms with Crippen LogP contribution in [0.5, 0.6) is 0 Å². The predicted molar refractivity (Wildman–Crippen MR) is 51.3 cm³/mol. The second-order valence-corrected chi connectivity index (χ2v) is 4.85. The summed E-state index contributed by atoms with van der Waals surface area (Å²) < 4.78 is 0. The lowest BCUT2D eigenvalue weighted by Gasteiger charge is -2.44. The summed E-state index contributed by atoms with van der Waals surface area (Å²) >= 11 is 1.91. The van der Waals surface area contributed by atoms with Gasteiger partial charge in [-0.2, -0.15) is 0 Å². The van der Waals surface area contributed by atoms with Crippen molar-refractivity contribution in [1.29, 1.82) is 0 Å². The third kappa shape index (κ3) is 0.723. The van der Waals surface area contributed by atoms with Crippen molar-refractivity contribution in [3.8, 4) is 0 Å². The first-order valence-corrected chi connectivity index (χ1v) is 5.59. The number of fused-ring (bicyclic) bond motifs is 1. The molecule has 1 aromatic rings. The number of hydrogen-bond donors (Lipinski definition) is 1. The molecular formula is C10H13NS. The van der Waals surface area contributed by atoms with Crippen LogP contribution in [0.2, 0.25) is 0 Å². The average molecular weight is 179 g/mol. The van der Waals surface area contributed by atoms with E-state index in [-0.39, 0.29) is 0 Å². The Kier molecular flexibility index (Phi) is 1.38. The van der Waals surface area contributed by atoms with E-state index >= 15 is 0 Å². The van der Waals surface area contributed by atoms with Crippen LogP contribution in [0.1, 0.15) is 24.1 Å². The Balaban J connectivity index is 2.01. The number of hydrogen-bond acceptors (Lipinski definition) is 2. The zero-order chi connectivity index (χ0) is 8.02. The van der Waals surface area contributed by atoms with E-state index in [4.69, 9.17) is 0 Å². The summed E-state index contributed by atoms with van der Waals surface area (Å²) in [7, 11) is 0. The molecule has 0 amide bonds. The smallest absolute Gasteiger partial charge is 0.0557 e. The lowest BCUT2D eigenvalue weighted by atomic mass is 9.67. The van der Waals surface area contributed by atoms with E-state index in [0.29, 0.717) is 5.54 Å². The third-order valence-corrected chi connectivity index (χ3v) is 4.53. The summed E-state index contributed by atoms with van der Waals surface area (Å²) in [6.07, 6.45) is 4.18. The van der Waals surface area contributed by atoms with E-state index in [1.807, 2.05) is 11.3 Å². The summed E-state index contributed by atoms with van der Waals surface area (Å²) in [5, 5.41) is 5.88. The molecule has 1 N–H and O–H groups in total. The maximum atomic E-state index is 3.68. The second kappa shape index (κ2) is 2.33. The van der Waals surface area contributed by atoms with Crippen LogP contribution >= 0.6 is 11.3 Å². The summed E-state index contributed by atoms with van der Waals surface area (Å²) in [6.45, 7) is 1.22. The van der Waals surface area contributed by atoms with Gasteiger partial charge in [-0.05, 0) is 43.2 Å². The van der Waals surface area contributed by atoms with Crippen molar-refractivity contribution in [2.24, 2.45) is 5.92 Å². The normalized spacial score (nSPS) is 39.2. The minimum absolute atomic E-state index is 0.425. The van der Waals surface area contributed by atoms with E-state index in [0.717, 1.165) is 5.92 Å². The van der Waals surface area contributed by atoms with Crippen LogP contribution in [-0.4, -0.2) is 6.54 Å². The lowest BCUT2D eigenvalue weighted by Crippen LogP contribution is -2.48. The molecule has 1 aromatic heterocycles. The Bertz CT molecular complexity index is 280. The highest BCUT2D eigenvalue weighted by Crippen LogP contribution is 2.52. The molecule has 12 heavy (non-hydrogen) atoms. The number of thiophene rings is 1. The van der Waals surface area contributed by atoms with Crippen molar-refractivity contribution in [3.63, 3.8) is 0 Å². The third-order valence-electron chi connectivity index (χ3n) is 3.48. The fourth-order valence-corrected chi connectivity index (χ4v) is 3.69. The minimum Gasteiger partial charge on any atom is -0.306 e. The molecule has 0 spiro atoms. The first-order valence-electron chi connectivity index (χ1n) is 4.71. The number of rotatable bonds is 1. The fraction of sp³-hybridized carbons (Fsp3) is 0.600. The molecule has 0 bridgehead atoms. The molecule has 0 radical (unpaired) electrons. The Morgan fingerprint density at radius 1 is 1.50 bits per heavy atom. The average Bonchev–Trinajstić information content (AvgIpc) is 2.61. The van der Waals surface area contributed by atoms with Gasteiger partial charge in [0.2, 0.25) is 0 Å². The maximum absolute atomic E-state index is 3.68. The van der Waals surface area contributed by atoms with Crippen LogP contribution < -0.4 is 5.32 Å². The van der Waals surface area contributed by atoms with Crippen LogP contribution in [0.4, 0.5) is 0 Å². The highest BCUT2D eigenvalue weighted by Gasteiger charge is 2.51. The van der Waals surface area contributed by atoms with Gasteiger partial charge in [-0.25, -0.2) is 0 Å². The first-order chi connectivity index (χ1) is 5.92. The SMILES string of the molecule is c1csc([C@]23CC[C@H]2CCN3)c1. The quantitative estimate of drug-likeness (QED) is 0.697. The molecule has 2 atom stereocenters. The van der Waals surface area contributed by atoms with Crippen LogP contribution in [0.25, 0.3) is 0 Å². The van der Waals surface area contributed by atoms with Crippen molar-refractivity contribution in [3.05, 3.63) is 22.4 Å². The van der Waals surface area contributed by atoms with Crippen LogP contribution in [0.15, 0.2) is 17.5 Å². The van der Waals surface area contributed by atoms with E-state index in [9.17, 15) is 0 Å². The van der Waals surface area contributed by atoms with Crippen LogP contribution in [-0.2, 0) is 5.54 Å². The van der Waals surface area contributed by atoms with Crippen molar-refractivity contribution < 1.29 is 0 Å². The van der Waals surface area contributed by atoms with E-state index in [1.165, 1.54) is 25.8 Å². The monoisotopic (exact) mass is 179 g/mol. The second-order valence-electron chi connectivity index (χ2n) is 3.90. The topological polar surface area (TPSA) is 12.0 Å². The molecule has 1 nitrogen and oxygen atoms in total. The highest BCUT2D eigenvalue weighted by atomic mass is 32.1. The molecule has 2 heterocycles. The van der Waals surface area contributed by atoms with Crippen molar-refractivity contribution in [2.75, 3.05) is 6.54 Å². The molecule has 2 heteroatoms. The molecule has 2 fully saturated rings. The molecule has 0 unspecified atom stereocenters. The zero-order valence-electron chi connectivity index (χ0n) is 7.05. The lowest BCUT2D eigenvalue weighted by molar-refractivity contribution is 0.140. The van der Waals surface area contributed by atoms with Crippen LogP contribution in [0, 0.1) is 5.92 Å². The van der Waals surface area contributed by atoms with E-state index in [1.54, 1.807) is 4.88 Å². The highest BCUT2D eigenvalue weighted by molar-refractivity contribution is 7.10. The van der Waals surface area contributed by atoms with Gasteiger partial charge in [-0.3, -0.25) is 0 Å². The van der Waals surface area contributed by atoms with Gasteiger partial charge >= 0.3 is 0 Å². The zero-order valence-corrected chi connectivity index (χ0v) is 7.86. The van der Waals surface area contributed by atoms with Gasteiger partial charge in [0.15, 0.2) is 0 Å². The van der Waals surface area contributed by atoms with E-state index in [2.05, 4.69) is 22.8 Å². The Morgan fingerprint density at radius 3 is 3.08 bits per heavy atom. The van der Waals surface area contributed by atoms with Gasteiger partial charge in [0.05, 0.1) is 5.54 Å². The fourth-order valence-electron chi connectivity index (χ4n) is 2.67. The van der Waals surface area contributed by atoms with Gasteiger partial charge in [0.25, 0.3) is 0 Å². The minimum atomic E-state index is 0.425. The first kappa shape index (κ1) is 7.10. The van der Waals surface area contributed by atoms with Gasteiger partial charge in [0.1, 0.15) is 0 Å². The standard InChI is InChI=1S/C10H13NS/c1-2-9(12-7-1)10-5-3-8(10)4-6-11-10/h1-2,7-8,11H,3-6H2/t8-,10-/m0/s1. The predicted octanol–water partition coefficient (Wildman–Crippen LogP) is 2.35. The molecule has 2 aliphatic rings. The van der Waals surface area contributed by atoms with Crippen LogP contribution in [0.3, 0.4) is 0 Å². The summed E-state index contributed by atoms with van der Waals surface area (Å²) in [4.78, 5) is 1.57. The maximum Gasteiger partial charge on any atom is 0.0557 e. The van der Waals surface area contributed by atoms with Gasteiger partial charge in [0, 0.05) is 4.88 Å².